The van der Waals surface area contributed by atoms with Crippen molar-refractivity contribution in [3.05, 3.63) is 77.1 Å². The first kappa shape index (κ1) is 18.9. The number of nitrogens with zero attached hydrogens (tertiary/aromatic N) is 2. The van der Waals surface area contributed by atoms with Crippen molar-refractivity contribution in [3.8, 4) is 11.4 Å². The molecule has 1 aromatic heterocycles. The van der Waals surface area contributed by atoms with Crippen LogP contribution in [0.5, 0.6) is 0 Å². The molecule has 5 nitrogen and oxygen atoms in total. The largest absolute Gasteiger partial charge is 0.321 e. The Balaban J connectivity index is 1.98. The van der Waals surface area contributed by atoms with Crippen molar-refractivity contribution in [2.75, 3.05) is 0 Å². The normalized spacial score (nSPS) is 12.0. The van der Waals surface area contributed by atoms with Gasteiger partial charge in [-0.25, -0.2) is 10.5 Å². The standard InChI is InChI=1S/C22H25N3O2/c1-15-16(2)25(17(3)19-9-5-4-6-10-19)22(23-15)20-11-7-8-18(14-20)12-13-21(26)24-27/h4-11,14,17,27H,12-13H2,1-3H3,(H,24,26). The monoisotopic (exact) mass is 363 g/mol. The fraction of sp³-hybridized carbons (Fsp3) is 0.273. The number of hydrogen-bond acceptors (Lipinski definition) is 3. The van der Waals surface area contributed by atoms with Gasteiger partial charge in [0.25, 0.3) is 0 Å². The number of imidazole rings is 1. The highest BCUT2D eigenvalue weighted by atomic mass is 16.5. The number of hydrogen-bond donors (Lipinski definition) is 2. The van der Waals surface area contributed by atoms with Gasteiger partial charge in [0.05, 0.1) is 11.7 Å². The Bertz CT molecular complexity index is 932. The van der Waals surface area contributed by atoms with Crippen molar-refractivity contribution in [1.29, 1.82) is 0 Å². The van der Waals surface area contributed by atoms with Gasteiger partial charge in [-0.15, -0.1) is 0 Å². The van der Waals surface area contributed by atoms with Crippen LogP contribution in [0, 0.1) is 13.8 Å². The van der Waals surface area contributed by atoms with Gasteiger partial charge in [0.15, 0.2) is 0 Å². The zero-order valence-corrected chi connectivity index (χ0v) is 15.9. The molecule has 0 saturated heterocycles. The molecule has 0 aliphatic carbocycles. The summed E-state index contributed by atoms with van der Waals surface area (Å²) in [6.45, 7) is 6.31. The van der Waals surface area contributed by atoms with Crippen molar-refractivity contribution < 1.29 is 10.0 Å². The van der Waals surface area contributed by atoms with E-state index in [1.807, 2.05) is 31.2 Å². The molecule has 2 aromatic carbocycles. The lowest BCUT2D eigenvalue weighted by Gasteiger charge is -2.19. The van der Waals surface area contributed by atoms with Gasteiger partial charge in [0, 0.05) is 17.7 Å². The second-order valence-corrected chi connectivity index (χ2v) is 6.80. The Morgan fingerprint density at radius 2 is 1.89 bits per heavy atom. The molecule has 1 amide bonds. The van der Waals surface area contributed by atoms with E-state index < -0.39 is 0 Å². The van der Waals surface area contributed by atoms with E-state index in [0.29, 0.717) is 6.42 Å². The van der Waals surface area contributed by atoms with Gasteiger partial charge >= 0.3 is 0 Å². The van der Waals surface area contributed by atoms with Crippen LogP contribution in [0.3, 0.4) is 0 Å². The van der Waals surface area contributed by atoms with E-state index in [1.165, 1.54) is 5.56 Å². The highest BCUT2D eigenvalue weighted by Gasteiger charge is 2.19. The predicted molar refractivity (Wildman–Crippen MR) is 106 cm³/mol. The van der Waals surface area contributed by atoms with Crippen LogP contribution in [-0.2, 0) is 11.2 Å². The number of aryl methyl sites for hydroxylation is 2. The molecule has 0 saturated carbocycles. The molecule has 27 heavy (non-hydrogen) atoms. The Morgan fingerprint density at radius 3 is 2.59 bits per heavy atom. The quantitative estimate of drug-likeness (QED) is 0.509. The first-order valence-corrected chi connectivity index (χ1v) is 9.14. The summed E-state index contributed by atoms with van der Waals surface area (Å²) in [6, 6.07) is 18.6. The smallest absolute Gasteiger partial charge is 0.243 e. The lowest BCUT2D eigenvalue weighted by molar-refractivity contribution is -0.129. The van der Waals surface area contributed by atoms with E-state index in [4.69, 9.17) is 10.2 Å². The van der Waals surface area contributed by atoms with Gasteiger partial charge < -0.3 is 4.57 Å². The van der Waals surface area contributed by atoms with E-state index >= 15 is 0 Å². The highest BCUT2D eigenvalue weighted by Crippen LogP contribution is 2.30. The molecule has 1 heterocycles. The summed E-state index contributed by atoms with van der Waals surface area (Å²) in [5.41, 5.74) is 7.13. The lowest BCUT2D eigenvalue weighted by Crippen LogP contribution is -2.18. The van der Waals surface area contributed by atoms with Gasteiger partial charge in [0.2, 0.25) is 5.91 Å². The summed E-state index contributed by atoms with van der Waals surface area (Å²) in [5.74, 6) is 0.543. The third-order valence-corrected chi connectivity index (χ3v) is 5.01. The predicted octanol–water partition coefficient (Wildman–Crippen LogP) is 4.21. The van der Waals surface area contributed by atoms with Gasteiger partial charge in [-0.1, -0.05) is 48.5 Å². The first-order valence-electron chi connectivity index (χ1n) is 9.14. The van der Waals surface area contributed by atoms with Crippen LogP contribution >= 0.6 is 0 Å². The van der Waals surface area contributed by atoms with E-state index in [0.717, 1.165) is 28.3 Å². The molecule has 1 unspecified atom stereocenters. The maximum atomic E-state index is 11.3. The zero-order valence-electron chi connectivity index (χ0n) is 15.9. The first-order chi connectivity index (χ1) is 13.0. The molecule has 1 atom stereocenters. The minimum Gasteiger partial charge on any atom is -0.321 e. The molecule has 5 heteroatoms. The zero-order chi connectivity index (χ0) is 19.4. The fourth-order valence-electron chi connectivity index (χ4n) is 3.36. The van der Waals surface area contributed by atoms with Gasteiger partial charge in [-0.3, -0.25) is 10.0 Å². The van der Waals surface area contributed by atoms with Crippen LogP contribution in [-0.4, -0.2) is 20.7 Å². The number of rotatable bonds is 6. The molecule has 2 N–H and O–H groups in total. The van der Waals surface area contributed by atoms with Crippen LogP contribution in [0.15, 0.2) is 54.6 Å². The Kier molecular flexibility index (Phi) is 5.72. The molecule has 140 valence electrons. The minimum atomic E-state index is -0.383. The van der Waals surface area contributed by atoms with Crippen LogP contribution < -0.4 is 5.48 Å². The van der Waals surface area contributed by atoms with Crippen molar-refractivity contribution in [2.45, 2.75) is 39.7 Å². The number of benzene rings is 2. The Labute approximate surface area is 159 Å². The third kappa shape index (κ3) is 4.09. The number of amides is 1. The number of hydroxylamine groups is 1. The molecule has 0 radical (unpaired) electrons. The minimum absolute atomic E-state index is 0.159. The third-order valence-electron chi connectivity index (χ3n) is 5.01. The van der Waals surface area contributed by atoms with E-state index in [9.17, 15) is 4.79 Å². The molecular formula is C22H25N3O2. The van der Waals surface area contributed by atoms with Crippen molar-refractivity contribution in [1.82, 2.24) is 15.0 Å². The van der Waals surface area contributed by atoms with Crippen molar-refractivity contribution in [3.63, 3.8) is 0 Å². The fourth-order valence-corrected chi connectivity index (χ4v) is 3.36. The van der Waals surface area contributed by atoms with Crippen LogP contribution in [0.2, 0.25) is 0 Å². The van der Waals surface area contributed by atoms with E-state index in [-0.39, 0.29) is 18.4 Å². The highest BCUT2D eigenvalue weighted by molar-refractivity contribution is 5.74. The lowest BCUT2D eigenvalue weighted by atomic mass is 10.0. The van der Waals surface area contributed by atoms with Gasteiger partial charge in [-0.05, 0) is 44.4 Å². The van der Waals surface area contributed by atoms with Crippen LogP contribution in [0.1, 0.15) is 41.9 Å². The number of carbonyl (C=O) groups excluding carboxylic acids is 1. The average Bonchev–Trinajstić information content (AvgIpc) is 3.01. The Morgan fingerprint density at radius 1 is 1.15 bits per heavy atom. The molecule has 3 aromatic rings. The maximum absolute atomic E-state index is 11.3. The number of carbonyl (C=O) groups is 1. The van der Waals surface area contributed by atoms with Gasteiger partial charge in [-0.2, -0.15) is 0 Å². The van der Waals surface area contributed by atoms with Crippen LogP contribution in [0.4, 0.5) is 0 Å². The SMILES string of the molecule is Cc1nc(-c2cccc(CCC(=O)NO)c2)n(C(C)c2ccccc2)c1C. The van der Waals surface area contributed by atoms with Crippen LogP contribution in [0.25, 0.3) is 11.4 Å². The second-order valence-electron chi connectivity index (χ2n) is 6.80. The molecule has 0 fully saturated rings. The van der Waals surface area contributed by atoms with E-state index in [2.05, 4.69) is 48.7 Å². The summed E-state index contributed by atoms with van der Waals surface area (Å²) in [4.78, 5) is 16.1. The molecule has 3 rings (SSSR count). The summed E-state index contributed by atoms with van der Waals surface area (Å²) >= 11 is 0. The Hall–Kier alpha value is -2.92. The topological polar surface area (TPSA) is 67.2 Å². The maximum Gasteiger partial charge on any atom is 0.243 e. The summed E-state index contributed by atoms with van der Waals surface area (Å²) in [7, 11) is 0. The molecular weight excluding hydrogens is 338 g/mol. The van der Waals surface area contributed by atoms with Gasteiger partial charge in [0.1, 0.15) is 5.82 Å². The number of nitrogens with one attached hydrogen (secondary N) is 1. The number of aromatic nitrogens is 2. The molecule has 0 aliphatic rings. The van der Waals surface area contributed by atoms with Crippen molar-refractivity contribution >= 4 is 5.91 Å². The second kappa shape index (κ2) is 8.18. The van der Waals surface area contributed by atoms with Crippen molar-refractivity contribution in [2.24, 2.45) is 0 Å². The molecule has 0 spiro atoms. The molecule has 0 bridgehead atoms. The average molecular weight is 363 g/mol. The summed E-state index contributed by atoms with van der Waals surface area (Å²) < 4.78 is 2.27. The summed E-state index contributed by atoms with van der Waals surface area (Å²) in [5, 5.41) is 8.67. The molecule has 0 aliphatic heterocycles. The summed E-state index contributed by atoms with van der Waals surface area (Å²) in [6.07, 6.45) is 0.806. The van der Waals surface area contributed by atoms with E-state index in [1.54, 1.807) is 5.48 Å².